The normalized spacial score (nSPS) is 14.6. The summed E-state index contributed by atoms with van der Waals surface area (Å²) >= 11 is 0. The third-order valence-electron chi connectivity index (χ3n) is 3.23. The maximum atomic E-state index is 13.2. The largest absolute Gasteiger partial charge is 0.586 e. The van der Waals surface area contributed by atoms with Crippen LogP contribution in [0.15, 0.2) is 30.3 Å². The number of fused-ring (bicyclic) bond motifs is 1. The monoisotopic (exact) mass is 324 g/mol. The van der Waals surface area contributed by atoms with Crippen LogP contribution >= 0.6 is 0 Å². The number of aryl methyl sites for hydroxylation is 1. The lowest BCUT2D eigenvalue weighted by molar-refractivity contribution is -0.286. The molecule has 3 N–H and O–H groups in total. The summed E-state index contributed by atoms with van der Waals surface area (Å²) in [5.74, 6) is -1.59. The fraction of sp³-hybridized carbons (Fsp3) is 0.133. The van der Waals surface area contributed by atoms with Gasteiger partial charge in [-0.1, -0.05) is 0 Å². The Balaban J connectivity index is 1.87. The lowest BCUT2D eigenvalue weighted by Crippen LogP contribution is -2.25. The number of nitrogens with one attached hydrogen (secondary N) is 1. The Labute approximate surface area is 128 Å². The van der Waals surface area contributed by atoms with E-state index in [1.807, 2.05) is 0 Å². The van der Waals surface area contributed by atoms with Crippen LogP contribution in [0.4, 0.5) is 24.5 Å². The highest BCUT2D eigenvalue weighted by Gasteiger charge is 2.44. The minimum Gasteiger partial charge on any atom is -0.398 e. The van der Waals surface area contributed by atoms with Crippen LogP contribution in [0.1, 0.15) is 15.9 Å². The van der Waals surface area contributed by atoms with Gasteiger partial charge in [-0.25, -0.2) is 4.39 Å². The van der Waals surface area contributed by atoms with Crippen LogP contribution in [0.5, 0.6) is 11.5 Å². The molecule has 1 aliphatic rings. The van der Waals surface area contributed by atoms with Crippen LogP contribution < -0.4 is 20.5 Å². The Bertz CT molecular complexity index is 809. The number of anilines is 2. The predicted octanol–water partition coefficient (Wildman–Crippen LogP) is 3.29. The average Bonchev–Trinajstić information content (AvgIpc) is 2.75. The lowest BCUT2D eigenvalue weighted by atomic mass is 10.1. The molecule has 0 aliphatic carbocycles. The van der Waals surface area contributed by atoms with Gasteiger partial charge in [-0.05, 0) is 36.8 Å². The van der Waals surface area contributed by atoms with Crippen LogP contribution in [0.2, 0.25) is 0 Å². The lowest BCUT2D eigenvalue weighted by Gasteiger charge is -2.09. The third kappa shape index (κ3) is 2.87. The highest BCUT2D eigenvalue weighted by atomic mass is 19.3. The van der Waals surface area contributed by atoms with Crippen molar-refractivity contribution in [1.29, 1.82) is 0 Å². The fourth-order valence-electron chi connectivity index (χ4n) is 2.13. The molecule has 0 bridgehead atoms. The van der Waals surface area contributed by atoms with Crippen molar-refractivity contribution in [3.8, 4) is 11.5 Å². The summed E-state index contributed by atoms with van der Waals surface area (Å²) in [5, 5.41) is 2.51. The number of amides is 1. The molecule has 3 rings (SSSR count). The van der Waals surface area contributed by atoms with Crippen LogP contribution in [0.25, 0.3) is 0 Å². The van der Waals surface area contributed by atoms with Crippen LogP contribution in [-0.4, -0.2) is 12.2 Å². The zero-order chi connectivity index (χ0) is 16.8. The first-order valence-corrected chi connectivity index (χ1v) is 6.52. The quantitative estimate of drug-likeness (QED) is 0.832. The van der Waals surface area contributed by atoms with Gasteiger partial charge in [0.05, 0.1) is 5.56 Å². The van der Waals surface area contributed by atoms with Crippen LogP contribution in [0, 0.1) is 12.7 Å². The molecule has 120 valence electrons. The Kier molecular flexibility index (Phi) is 3.32. The van der Waals surface area contributed by atoms with E-state index in [4.69, 9.17) is 5.73 Å². The molecule has 0 unspecified atom stereocenters. The Hall–Kier alpha value is -2.90. The maximum Gasteiger partial charge on any atom is 0.586 e. The van der Waals surface area contributed by atoms with Gasteiger partial charge in [-0.3, -0.25) is 4.79 Å². The van der Waals surface area contributed by atoms with Crippen molar-refractivity contribution in [2.75, 3.05) is 11.1 Å². The molecule has 5 nitrogen and oxygen atoms in total. The first-order valence-electron chi connectivity index (χ1n) is 6.52. The van der Waals surface area contributed by atoms with Crippen molar-refractivity contribution in [3.05, 3.63) is 47.3 Å². The molecule has 8 heteroatoms. The van der Waals surface area contributed by atoms with Gasteiger partial charge in [0.1, 0.15) is 5.82 Å². The summed E-state index contributed by atoms with van der Waals surface area (Å²) in [7, 11) is 0. The standard InChI is InChI=1S/C15H11F3N2O3/c1-7-4-8(2-3-10(7)16)20-14(21)9-5-12-13(6-11(9)19)23-15(17,18)22-12/h2-6H,19H2,1H3,(H,20,21). The van der Waals surface area contributed by atoms with Gasteiger partial charge >= 0.3 is 6.29 Å². The summed E-state index contributed by atoms with van der Waals surface area (Å²) < 4.78 is 47.8. The maximum absolute atomic E-state index is 13.2. The molecule has 2 aromatic rings. The Morgan fingerprint density at radius 1 is 1.17 bits per heavy atom. The van der Waals surface area contributed by atoms with Gasteiger partial charge in [0.15, 0.2) is 11.5 Å². The van der Waals surface area contributed by atoms with Gasteiger partial charge in [-0.2, -0.15) is 0 Å². The molecule has 0 aromatic heterocycles. The molecule has 1 amide bonds. The summed E-state index contributed by atoms with van der Waals surface area (Å²) in [6.45, 7) is 1.54. The number of carbonyl (C=O) groups is 1. The van der Waals surface area contributed by atoms with Crippen molar-refractivity contribution in [3.63, 3.8) is 0 Å². The summed E-state index contributed by atoms with van der Waals surface area (Å²) in [4.78, 5) is 12.2. The molecule has 23 heavy (non-hydrogen) atoms. The number of alkyl halides is 2. The van der Waals surface area contributed by atoms with Crippen LogP contribution in [-0.2, 0) is 0 Å². The molecule has 1 heterocycles. The predicted molar refractivity (Wildman–Crippen MR) is 76.1 cm³/mol. The smallest absolute Gasteiger partial charge is 0.398 e. The molecular weight excluding hydrogens is 313 g/mol. The minimum absolute atomic E-state index is 0.0543. The fourth-order valence-corrected chi connectivity index (χ4v) is 2.13. The SMILES string of the molecule is Cc1cc(NC(=O)c2cc3c(cc2N)OC(F)(F)O3)ccc1F. The van der Waals surface area contributed by atoms with Crippen molar-refractivity contribution < 1.29 is 27.4 Å². The number of hydrogen-bond acceptors (Lipinski definition) is 4. The topological polar surface area (TPSA) is 73.6 Å². The van der Waals surface area contributed by atoms with Gasteiger partial charge in [0.2, 0.25) is 0 Å². The van der Waals surface area contributed by atoms with E-state index in [0.717, 1.165) is 12.1 Å². The first-order chi connectivity index (χ1) is 10.7. The molecular formula is C15H11F3N2O3. The Morgan fingerprint density at radius 3 is 2.48 bits per heavy atom. The van der Waals surface area contributed by atoms with Crippen LogP contribution in [0.3, 0.4) is 0 Å². The number of nitrogen functional groups attached to an aromatic ring is 1. The van der Waals surface area contributed by atoms with Crippen molar-refractivity contribution in [1.82, 2.24) is 0 Å². The van der Waals surface area contributed by atoms with E-state index < -0.39 is 18.0 Å². The zero-order valence-electron chi connectivity index (χ0n) is 11.8. The van der Waals surface area contributed by atoms with E-state index in [2.05, 4.69) is 14.8 Å². The second kappa shape index (κ2) is 5.08. The number of ether oxygens (including phenoxy) is 2. The highest BCUT2D eigenvalue weighted by molar-refractivity contribution is 6.08. The number of nitrogens with two attached hydrogens (primary N) is 1. The second-order valence-corrected chi connectivity index (χ2v) is 4.97. The van der Waals surface area contributed by atoms with Crippen molar-refractivity contribution in [2.45, 2.75) is 13.2 Å². The number of carbonyl (C=O) groups excluding carboxylic acids is 1. The van der Waals surface area contributed by atoms with Crippen molar-refractivity contribution in [2.24, 2.45) is 0 Å². The zero-order valence-corrected chi connectivity index (χ0v) is 11.8. The third-order valence-corrected chi connectivity index (χ3v) is 3.23. The second-order valence-electron chi connectivity index (χ2n) is 4.97. The average molecular weight is 324 g/mol. The summed E-state index contributed by atoms with van der Waals surface area (Å²) in [5.41, 5.74) is 6.26. The van der Waals surface area contributed by atoms with Crippen molar-refractivity contribution >= 4 is 17.3 Å². The minimum atomic E-state index is -3.79. The summed E-state index contributed by atoms with van der Waals surface area (Å²) in [6.07, 6.45) is -3.79. The van der Waals surface area contributed by atoms with Gasteiger partial charge in [0, 0.05) is 17.4 Å². The van der Waals surface area contributed by atoms with Gasteiger partial charge < -0.3 is 20.5 Å². The Morgan fingerprint density at radius 2 is 1.83 bits per heavy atom. The van der Waals surface area contributed by atoms with E-state index in [-0.39, 0.29) is 22.7 Å². The molecule has 0 fully saturated rings. The molecule has 0 saturated carbocycles. The molecule has 0 saturated heterocycles. The molecule has 2 aromatic carbocycles. The molecule has 0 atom stereocenters. The molecule has 0 spiro atoms. The first kappa shape index (κ1) is 15.0. The molecule has 0 radical (unpaired) electrons. The van der Waals surface area contributed by atoms with E-state index >= 15 is 0 Å². The van der Waals surface area contributed by atoms with Gasteiger partial charge in [0.25, 0.3) is 5.91 Å². The molecule has 1 aliphatic heterocycles. The van der Waals surface area contributed by atoms with E-state index in [1.165, 1.54) is 18.2 Å². The highest BCUT2D eigenvalue weighted by Crippen LogP contribution is 2.43. The number of benzene rings is 2. The van der Waals surface area contributed by atoms with E-state index in [1.54, 1.807) is 6.92 Å². The summed E-state index contributed by atoms with van der Waals surface area (Å²) in [6, 6.07) is 6.16. The van der Waals surface area contributed by atoms with Gasteiger partial charge in [-0.15, -0.1) is 8.78 Å². The number of halogens is 3. The van der Waals surface area contributed by atoms with E-state index in [9.17, 15) is 18.0 Å². The number of rotatable bonds is 2. The van der Waals surface area contributed by atoms with E-state index in [0.29, 0.717) is 11.3 Å². The number of hydrogen-bond donors (Lipinski definition) is 2.